The molecule has 0 aliphatic carbocycles. The Morgan fingerprint density at radius 3 is 2.73 bits per heavy atom. The average Bonchev–Trinajstić information content (AvgIpc) is 3.38. The summed E-state index contributed by atoms with van der Waals surface area (Å²) in [6.45, 7) is 2.25. The van der Waals surface area contributed by atoms with E-state index in [2.05, 4.69) is 30.8 Å². The Kier molecular flexibility index (Phi) is 5.93. The van der Waals surface area contributed by atoms with Crippen molar-refractivity contribution in [2.24, 2.45) is 4.99 Å². The minimum absolute atomic E-state index is 0.315. The number of carbonyl (C=O) groups excluding carboxylic acids is 1. The summed E-state index contributed by atoms with van der Waals surface area (Å²) in [6.07, 6.45) is 1.59. The number of hydrogen-bond acceptors (Lipinski definition) is 10. The standard InChI is InChI=1S/C19H20N6O3S2/c1-11-12(10-27-2)16(23-18-20-8-9-30(18)19(26)28-3)25-24-15(11)22-17-21-13-6-4-5-7-14(13)29-17/h4-9,30H,10H2,1-3H3,(H,20,23,25)(H,21,22,24). The van der Waals surface area contributed by atoms with Crippen LogP contribution in [0.3, 0.4) is 0 Å². The van der Waals surface area contributed by atoms with E-state index in [1.165, 1.54) is 7.11 Å². The zero-order valence-electron chi connectivity index (χ0n) is 16.5. The molecule has 1 unspecified atom stereocenters. The Labute approximate surface area is 179 Å². The van der Waals surface area contributed by atoms with Crippen LogP contribution in [-0.4, -0.2) is 39.9 Å². The number of hydrogen-bond donors (Lipinski definition) is 3. The van der Waals surface area contributed by atoms with Crippen molar-refractivity contribution < 1.29 is 14.3 Å². The van der Waals surface area contributed by atoms with E-state index < -0.39 is 10.9 Å². The molecule has 2 aromatic heterocycles. The van der Waals surface area contributed by atoms with E-state index in [9.17, 15) is 4.79 Å². The van der Waals surface area contributed by atoms with Crippen LogP contribution in [-0.2, 0) is 16.1 Å². The number of rotatable bonds is 5. The summed E-state index contributed by atoms with van der Waals surface area (Å²) in [4.78, 5) is 20.8. The second-order valence-corrected chi connectivity index (χ2v) is 9.12. The van der Waals surface area contributed by atoms with Crippen molar-refractivity contribution in [1.29, 1.82) is 0 Å². The number of ether oxygens (including phenoxy) is 2. The van der Waals surface area contributed by atoms with Gasteiger partial charge in [0.15, 0.2) is 21.9 Å². The Bertz CT molecular complexity index is 1130. The molecule has 0 radical (unpaired) electrons. The van der Waals surface area contributed by atoms with E-state index >= 15 is 0 Å². The second kappa shape index (κ2) is 8.78. The quantitative estimate of drug-likeness (QED) is 0.394. The number of carbonyl (C=O) groups is 1. The van der Waals surface area contributed by atoms with E-state index in [4.69, 9.17) is 9.47 Å². The maximum atomic E-state index is 12.0. The number of amidine groups is 1. The third-order valence-electron chi connectivity index (χ3n) is 4.39. The molecule has 9 nitrogen and oxygen atoms in total. The number of anilines is 3. The average molecular weight is 445 g/mol. The zero-order valence-corrected chi connectivity index (χ0v) is 18.3. The van der Waals surface area contributed by atoms with Crippen LogP contribution in [0.15, 0.2) is 40.9 Å². The van der Waals surface area contributed by atoms with Crippen LogP contribution >= 0.6 is 22.2 Å². The number of aliphatic imine (C=N–C) groups is 1. The number of para-hydroxylation sites is 1. The van der Waals surface area contributed by atoms with Crippen LogP contribution in [0.4, 0.5) is 21.6 Å². The molecule has 4 rings (SSSR count). The van der Waals surface area contributed by atoms with Gasteiger partial charge in [-0.1, -0.05) is 34.4 Å². The van der Waals surface area contributed by atoms with Gasteiger partial charge in [0.2, 0.25) is 0 Å². The number of methoxy groups -OCH3 is 2. The smallest absolute Gasteiger partial charge is 0.357 e. The number of thiol groups is 1. The van der Waals surface area contributed by atoms with E-state index in [1.54, 1.807) is 30.1 Å². The Morgan fingerprint density at radius 2 is 1.97 bits per heavy atom. The van der Waals surface area contributed by atoms with Crippen molar-refractivity contribution in [1.82, 2.24) is 15.2 Å². The molecule has 0 fully saturated rings. The first-order valence-electron chi connectivity index (χ1n) is 8.97. The summed E-state index contributed by atoms with van der Waals surface area (Å²) in [5, 5.41) is 17.6. The van der Waals surface area contributed by atoms with Crippen LogP contribution in [0.25, 0.3) is 10.2 Å². The zero-order chi connectivity index (χ0) is 21.1. The molecule has 0 saturated carbocycles. The summed E-state index contributed by atoms with van der Waals surface area (Å²) >= 11 is 1.54. The lowest BCUT2D eigenvalue weighted by atomic mass is 10.1. The van der Waals surface area contributed by atoms with E-state index in [0.717, 1.165) is 26.5 Å². The molecule has 2 N–H and O–H groups in total. The van der Waals surface area contributed by atoms with Crippen molar-refractivity contribution >= 4 is 59.7 Å². The molecule has 1 atom stereocenters. The van der Waals surface area contributed by atoms with Crippen molar-refractivity contribution in [3.05, 3.63) is 47.0 Å². The predicted molar refractivity (Wildman–Crippen MR) is 122 cm³/mol. The molecule has 30 heavy (non-hydrogen) atoms. The summed E-state index contributed by atoms with van der Waals surface area (Å²) in [5.74, 6) is 1.08. The van der Waals surface area contributed by atoms with Crippen molar-refractivity contribution in [2.45, 2.75) is 13.5 Å². The van der Waals surface area contributed by atoms with Crippen molar-refractivity contribution in [2.75, 3.05) is 24.9 Å². The van der Waals surface area contributed by atoms with Gasteiger partial charge in [0.05, 0.1) is 23.9 Å². The van der Waals surface area contributed by atoms with Gasteiger partial charge in [-0.15, -0.1) is 10.2 Å². The van der Waals surface area contributed by atoms with Crippen LogP contribution < -0.4 is 10.6 Å². The van der Waals surface area contributed by atoms with E-state index in [-0.39, 0.29) is 5.30 Å². The third-order valence-corrected chi connectivity index (χ3v) is 7.04. The molecule has 11 heteroatoms. The monoisotopic (exact) mass is 444 g/mol. The second-order valence-electron chi connectivity index (χ2n) is 6.26. The molecule has 1 aliphatic rings. The van der Waals surface area contributed by atoms with Gasteiger partial charge in [-0.2, -0.15) is 0 Å². The highest BCUT2D eigenvalue weighted by atomic mass is 32.2. The number of aromatic nitrogens is 3. The number of benzene rings is 1. The maximum absolute atomic E-state index is 12.0. The van der Waals surface area contributed by atoms with Gasteiger partial charge in [0, 0.05) is 24.4 Å². The molecular weight excluding hydrogens is 424 g/mol. The van der Waals surface area contributed by atoms with Gasteiger partial charge < -0.3 is 20.1 Å². The van der Waals surface area contributed by atoms with Gasteiger partial charge in [-0.25, -0.2) is 14.8 Å². The SMILES string of the molecule is COCc1c(NC2=NC=C[SH]2C(=O)OC)nnc(Nc2nc3ccccc3s2)c1C. The van der Waals surface area contributed by atoms with Crippen molar-refractivity contribution in [3.8, 4) is 0 Å². The van der Waals surface area contributed by atoms with Crippen LogP contribution in [0.2, 0.25) is 0 Å². The molecule has 0 amide bonds. The highest BCUT2D eigenvalue weighted by Crippen LogP contribution is 2.37. The van der Waals surface area contributed by atoms with Crippen molar-refractivity contribution in [3.63, 3.8) is 0 Å². The predicted octanol–water partition coefficient (Wildman–Crippen LogP) is 4.31. The number of nitrogens with one attached hydrogen (secondary N) is 2. The van der Waals surface area contributed by atoms with Gasteiger partial charge in [-0.05, 0) is 24.5 Å². The summed E-state index contributed by atoms with van der Waals surface area (Å²) in [7, 11) is 1.65. The number of thiazole rings is 1. The normalized spacial score (nSPS) is 16.5. The first kappa shape index (κ1) is 20.3. The topological polar surface area (TPSA) is 111 Å². The molecular formula is C19H20N6O3S2. The lowest BCUT2D eigenvalue weighted by molar-refractivity contribution is 0.184. The number of fused-ring (bicyclic) bond motifs is 1. The molecule has 156 valence electrons. The van der Waals surface area contributed by atoms with Gasteiger partial charge in [0.1, 0.15) is 0 Å². The number of nitrogens with zero attached hydrogens (tertiary/aromatic N) is 4. The Hall–Kier alpha value is -3.02. The third kappa shape index (κ3) is 3.99. The highest BCUT2D eigenvalue weighted by Gasteiger charge is 2.24. The molecule has 0 bridgehead atoms. The van der Waals surface area contributed by atoms with Gasteiger partial charge in [-0.3, -0.25) is 0 Å². The fraction of sp³-hybridized carbons (Fsp3) is 0.211. The summed E-state index contributed by atoms with van der Waals surface area (Å²) in [5.41, 5.74) is 2.60. The first-order chi connectivity index (χ1) is 14.6. The van der Waals surface area contributed by atoms with E-state index in [1.807, 2.05) is 31.2 Å². The largest absolute Gasteiger partial charge is 0.462 e. The van der Waals surface area contributed by atoms with Gasteiger partial charge >= 0.3 is 5.30 Å². The summed E-state index contributed by atoms with van der Waals surface area (Å²) < 4.78 is 11.3. The maximum Gasteiger partial charge on any atom is 0.357 e. The van der Waals surface area contributed by atoms with E-state index in [0.29, 0.717) is 23.4 Å². The molecule has 0 saturated heterocycles. The Balaban J connectivity index is 1.62. The lowest BCUT2D eigenvalue weighted by Gasteiger charge is -2.18. The first-order valence-corrected chi connectivity index (χ1v) is 11.2. The summed E-state index contributed by atoms with van der Waals surface area (Å²) in [6, 6.07) is 7.93. The Morgan fingerprint density at radius 1 is 1.17 bits per heavy atom. The minimum atomic E-state index is -1.32. The molecule has 1 aromatic carbocycles. The minimum Gasteiger partial charge on any atom is -0.462 e. The molecule has 1 aliphatic heterocycles. The molecule has 3 aromatic rings. The molecule has 3 heterocycles. The van der Waals surface area contributed by atoms with Crippen LogP contribution in [0.5, 0.6) is 0 Å². The highest BCUT2D eigenvalue weighted by molar-refractivity contribution is 8.43. The van der Waals surface area contributed by atoms with Gasteiger partial charge in [0.25, 0.3) is 0 Å². The van der Waals surface area contributed by atoms with Crippen LogP contribution in [0.1, 0.15) is 11.1 Å². The van der Waals surface area contributed by atoms with Crippen LogP contribution in [0, 0.1) is 6.92 Å². The fourth-order valence-corrected chi connectivity index (χ4v) is 4.99. The fourth-order valence-electron chi connectivity index (χ4n) is 2.87. The molecule has 0 spiro atoms. The lowest BCUT2D eigenvalue weighted by Crippen LogP contribution is -2.18.